The number of nitriles is 1. The average Bonchev–Trinajstić information content (AvgIpc) is 3.88. The number of nitrogens with zero attached hydrogens (tertiary/aromatic N) is 5. The second kappa shape index (κ2) is 11.8. The fraction of sp³-hybridized carbons (Fsp3) is 0. The van der Waals surface area contributed by atoms with Crippen molar-refractivity contribution in [1.82, 2.24) is 13.7 Å². The van der Waals surface area contributed by atoms with Crippen LogP contribution < -0.4 is 0 Å². The van der Waals surface area contributed by atoms with Gasteiger partial charge in [-0.15, -0.1) is 0 Å². The molecule has 0 aliphatic rings. The van der Waals surface area contributed by atoms with Gasteiger partial charge in [-0.05, 0) is 90.0 Å². The van der Waals surface area contributed by atoms with Crippen LogP contribution in [0.5, 0.6) is 0 Å². The molecule has 0 unspecified atom stereocenters. The number of hydrogen-bond acceptors (Lipinski definition) is 1. The highest BCUT2D eigenvalue weighted by Crippen LogP contribution is 2.40. The number of rotatable bonds is 4. The maximum atomic E-state index is 9.68. The Morgan fingerprint density at radius 3 is 1.49 bits per heavy atom. The molecule has 0 spiro atoms. The monoisotopic (exact) mass is 699 g/mol. The lowest BCUT2D eigenvalue weighted by Crippen LogP contribution is -1.96. The fourth-order valence-electron chi connectivity index (χ4n) is 8.66. The Bertz CT molecular complexity index is 3400. The Kier molecular flexibility index (Phi) is 6.61. The van der Waals surface area contributed by atoms with E-state index in [4.69, 9.17) is 6.57 Å². The molecule has 0 saturated carbocycles. The summed E-state index contributed by atoms with van der Waals surface area (Å²) in [6.07, 6.45) is 0. The van der Waals surface area contributed by atoms with Gasteiger partial charge in [-0.3, -0.25) is 0 Å². The SMILES string of the molecule is [C-]#[N+]c1cc(-c2ccc(-n3c4ccccc4c4cc(-n5c6ccccc6c6ccccc65)ccc43)cc2)ccc1-n1c2ccccc2c2ccc(C#N)cc21. The molecule has 5 nitrogen and oxygen atoms in total. The molecule has 0 fully saturated rings. The summed E-state index contributed by atoms with van der Waals surface area (Å²) < 4.78 is 6.83. The minimum Gasteiger partial charge on any atom is -0.319 e. The maximum Gasteiger partial charge on any atom is 0.211 e. The molecule has 0 amide bonds. The summed E-state index contributed by atoms with van der Waals surface area (Å²) in [6, 6.07) is 63.7. The zero-order valence-corrected chi connectivity index (χ0v) is 29.5. The first-order valence-corrected chi connectivity index (χ1v) is 18.3. The third-order valence-electron chi connectivity index (χ3n) is 11.1. The predicted molar refractivity (Wildman–Crippen MR) is 226 cm³/mol. The predicted octanol–water partition coefficient (Wildman–Crippen LogP) is 13.1. The third kappa shape index (κ3) is 4.51. The first kappa shape index (κ1) is 30.7. The maximum absolute atomic E-state index is 9.68. The summed E-state index contributed by atoms with van der Waals surface area (Å²) in [4.78, 5) is 4.01. The number of para-hydroxylation sites is 4. The lowest BCUT2D eigenvalue weighted by Gasteiger charge is -2.13. The van der Waals surface area contributed by atoms with Gasteiger partial charge < -0.3 is 13.7 Å². The summed E-state index contributed by atoms with van der Waals surface area (Å²) >= 11 is 0. The minimum atomic E-state index is 0.549. The van der Waals surface area contributed by atoms with E-state index in [0.29, 0.717) is 11.3 Å². The Morgan fingerprint density at radius 2 is 0.891 bits per heavy atom. The third-order valence-corrected chi connectivity index (χ3v) is 11.1. The largest absolute Gasteiger partial charge is 0.319 e. The van der Waals surface area contributed by atoms with Gasteiger partial charge in [0.25, 0.3) is 0 Å². The molecule has 0 saturated heterocycles. The van der Waals surface area contributed by atoms with Gasteiger partial charge in [0.15, 0.2) is 0 Å². The van der Waals surface area contributed by atoms with Gasteiger partial charge in [0.1, 0.15) is 0 Å². The molecule has 0 N–H and O–H groups in total. The standard InChI is InChI=1S/C50H29N5/c1-52-43-29-34(21-26-49(43)55-47-17-9-4-12-39(47)41-25-18-32(31-51)28-50(41)55)33-19-22-35(23-20-33)53-46-16-8-5-13-40(46)42-30-36(24-27-48(42)53)54-44-14-6-2-10-37(44)38-11-3-7-15-45(38)54/h2-30H. The van der Waals surface area contributed by atoms with Gasteiger partial charge in [-0.1, -0.05) is 97.1 Å². The highest BCUT2D eigenvalue weighted by molar-refractivity contribution is 6.13. The summed E-state index contributed by atoms with van der Waals surface area (Å²) in [5.41, 5.74) is 12.7. The zero-order chi connectivity index (χ0) is 36.6. The molecule has 254 valence electrons. The number of benzene rings is 8. The van der Waals surface area contributed by atoms with Crippen LogP contribution in [0.4, 0.5) is 5.69 Å². The van der Waals surface area contributed by atoms with E-state index in [2.05, 4.69) is 158 Å². The van der Waals surface area contributed by atoms with Crippen LogP contribution in [-0.4, -0.2) is 13.7 Å². The van der Waals surface area contributed by atoms with Crippen molar-refractivity contribution in [2.24, 2.45) is 0 Å². The highest BCUT2D eigenvalue weighted by atomic mass is 15.0. The van der Waals surface area contributed by atoms with Crippen LogP contribution in [-0.2, 0) is 0 Å². The molecular weight excluding hydrogens is 671 g/mol. The van der Waals surface area contributed by atoms with Crippen molar-refractivity contribution in [3.05, 3.63) is 193 Å². The summed E-state index contributed by atoms with van der Waals surface area (Å²) in [5.74, 6) is 0. The van der Waals surface area contributed by atoms with E-state index in [9.17, 15) is 5.26 Å². The highest BCUT2D eigenvalue weighted by Gasteiger charge is 2.18. The Morgan fingerprint density at radius 1 is 0.400 bits per heavy atom. The Labute approximate surface area is 316 Å². The normalized spacial score (nSPS) is 11.6. The lowest BCUT2D eigenvalue weighted by molar-refractivity contribution is 1.16. The van der Waals surface area contributed by atoms with E-state index < -0.39 is 0 Å². The smallest absolute Gasteiger partial charge is 0.211 e. The average molecular weight is 700 g/mol. The summed E-state index contributed by atoms with van der Waals surface area (Å²) in [7, 11) is 0. The second-order valence-corrected chi connectivity index (χ2v) is 14.0. The molecule has 8 aromatic carbocycles. The molecule has 0 aliphatic carbocycles. The molecule has 11 rings (SSSR count). The van der Waals surface area contributed by atoms with E-state index in [0.717, 1.165) is 61.0 Å². The summed E-state index contributed by atoms with van der Waals surface area (Å²) in [5, 5.41) is 16.7. The molecule has 3 heterocycles. The topological polar surface area (TPSA) is 42.9 Å². The zero-order valence-electron chi connectivity index (χ0n) is 29.5. The lowest BCUT2D eigenvalue weighted by atomic mass is 10.0. The number of fused-ring (bicyclic) bond motifs is 9. The quantitative estimate of drug-likeness (QED) is 0.169. The van der Waals surface area contributed by atoms with Crippen molar-refractivity contribution >= 4 is 71.1 Å². The molecule has 3 aromatic heterocycles. The molecule has 55 heavy (non-hydrogen) atoms. The van der Waals surface area contributed by atoms with Crippen LogP contribution in [0.1, 0.15) is 5.56 Å². The van der Waals surface area contributed by atoms with Crippen LogP contribution in [0.15, 0.2) is 176 Å². The second-order valence-electron chi connectivity index (χ2n) is 14.0. The van der Waals surface area contributed by atoms with Crippen LogP contribution in [0, 0.1) is 17.9 Å². The molecule has 0 aliphatic heterocycles. The van der Waals surface area contributed by atoms with Gasteiger partial charge in [0.05, 0.1) is 57.0 Å². The van der Waals surface area contributed by atoms with Crippen LogP contribution in [0.2, 0.25) is 0 Å². The van der Waals surface area contributed by atoms with Crippen molar-refractivity contribution in [2.45, 2.75) is 0 Å². The van der Waals surface area contributed by atoms with Crippen molar-refractivity contribution in [2.75, 3.05) is 0 Å². The van der Waals surface area contributed by atoms with Crippen molar-refractivity contribution in [3.8, 4) is 34.3 Å². The van der Waals surface area contributed by atoms with Crippen molar-refractivity contribution < 1.29 is 0 Å². The van der Waals surface area contributed by atoms with E-state index in [1.54, 1.807) is 0 Å². The Hall–Kier alpha value is -7.86. The van der Waals surface area contributed by atoms with E-state index in [1.807, 2.05) is 42.5 Å². The Balaban J connectivity index is 1.01. The molecule has 0 atom stereocenters. The number of hydrogen-bond donors (Lipinski definition) is 0. The van der Waals surface area contributed by atoms with Gasteiger partial charge in [0.2, 0.25) is 5.69 Å². The molecular formula is C50H29N5. The first-order valence-electron chi connectivity index (χ1n) is 18.3. The van der Waals surface area contributed by atoms with Gasteiger partial charge in [-0.2, -0.15) is 5.26 Å². The minimum absolute atomic E-state index is 0.549. The molecule has 5 heteroatoms. The van der Waals surface area contributed by atoms with Crippen molar-refractivity contribution in [3.63, 3.8) is 0 Å². The van der Waals surface area contributed by atoms with Crippen LogP contribution in [0.25, 0.3) is 98.5 Å². The van der Waals surface area contributed by atoms with E-state index in [1.165, 1.54) is 32.6 Å². The van der Waals surface area contributed by atoms with E-state index in [-0.39, 0.29) is 0 Å². The molecule has 11 aromatic rings. The number of aromatic nitrogens is 3. The van der Waals surface area contributed by atoms with E-state index >= 15 is 0 Å². The van der Waals surface area contributed by atoms with Crippen LogP contribution in [0.3, 0.4) is 0 Å². The first-order chi connectivity index (χ1) is 27.2. The summed E-state index contributed by atoms with van der Waals surface area (Å²) in [6.45, 7) is 8.22. The molecule has 0 bridgehead atoms. The van der Waals surface area contributed by atoms with Gasteiger partial charge in [0, 0.05) is 43.7 Å². The molecule has 0 radical (unpaired) electrons. The fourth-order valence-corrected chi connectivity index (χ4v) is 8.66. The van der Waals surface area contributed by atoms with Gasteiger partial charge >= 0.3 is 0 Å². The van der Waals surface area contributed by atoms with Gasteiger partial charge in [-0.25, -0.2) is 4.85 Å². The van der Waals surface area contributed by atoms with Crippen molar-refractivity contribution in [1.29, 1.82) is 5.26 Å². The van der Waals surface area contributed by atoms with Crippen LogP contribution >= 0.6 is 0 Å².